The Morgan fingerprint density at radius 2 is 2.15 bits per heavy atom. The number of aliphatic hydroxyl groups excluding tert-OH is 2. The first kappa shape index (κ1) is 16.5. The average Bonchev–Trinajstić information content (AvgIpc) is 2.45. The van der Waals surface area contributed by atoms with Crippen LogP contribution in [0.5, 0.6) is 0 Å². The number of nitro groups is 1. The fraction of sp³-hybridized carbons (Fsp3) is 0.417. The number of carbonyl (C=O) groups is 1. The van der Waals surface area contributed by atoms with Crippen molar-refractivity contribution in [3.8, 4) is 0 Å². The molecule has 2 N–H and O–H groups in total. The summed E-state index contributed by atoms with van der Waals surface area (Å²) in [6, 6.07) is 3.57. The topological polar surface area (TPSA) is 110 Å². The second-order valence-corrected chi connectivity index (χ2v) is 4.57. The maximum absolute atomic E-state index is 11.5. The second kappa shape index (κ2) is 7.32. The molecule has 0 amide bonds. The Morgan fingerprint density at radius 3 is 2.65 bits per heavy atom. The Kier molecular flexibility index (Phi) is 6.05. The molecule has 0 aromatic heterocycles. The summed E-state index contributed by atoms with van der Waals surface area (Å²) >= 11 is 2.98. The zero-order chi connectivity index (χ0) is 15.3. The SMILES string of the molecule is CCOC(=O)c1ccc(C(O)C(O)CBr)c([N+](=O)[O-])c1. The Bertz CT molecular complexity index is 507. The van der Waals surface area contributed by atoms with Crippen LogP contribution in [0.25, 0.3) is 0 Å². The highest BCUT2D eigenvalue weighted by Gasteiger charge is 2.27. The van der Waals surface area contributed by atoms with Gasteiger partial charge in [0.25, 0.3) is 5.69 Å². The molecule has 8 heteroatoms. The molecule has 0 fully saturated rings. The molecule has 1 rings (SSSR count). The molecule has 0 saturated heterocycles. The lowest BCUT2D eigenvalue weighted by atomic mass is 10.0. The van der Waals surface area contributed by atoms with E-state index in [1.165, 1.54) is 12.1 Å². The Hall–Kier alpha value is -1.51. The van der Waals surface area contributed by atoms with Crippen molar-refractivity contribution in [3.63, 3.8) is 0 Å². The lowest BCUT2D eigenvalue weighted by Crippen LogP contribution is -2.20. The first-order chi connectivity index (χ1) is 9.42. The maximum Gasteiger partial charge on any atom is 0.338 e. The van der Waals surface area contributed by atoms with E-state index in [0.717, 1.165) is 6.07 Å². The molecule has 7 nitrogen and oxygen atoms in total. The van der Waals surface area contributed by atoms with Crippen LogP contribution in [0.15, 0.2) is 18.2 Å². The van der Waals surface area contributed by atoms with Crippen molar-refractivity contribution in [1.29, 1.82) is 0 Å². The van der Waals surface area contributed by atoms with E-state index in [-0.39, 0.29) is 23.1 Å². The fourth-order valence-electron chi connectivity index (χ4n) is 1.58. The van der Waals surface area contributed by atoms with Crippen LogP contribution >= 0.6 is 15.9 Å². The third-order valence-corrected chi connectivity index (χ3v) is 3.24. The number of nitrogens with zero attached hydrogens (tertiary/aromatic N) is 1. The predicted molar refractivity (Wildman–Crippen MR) is 73.8 cm³/mol. The molecule has 0 radical (unpaired) electrons. The molecule has 110 valence electrons. The number of nitro benzene ring substituents is 1. The summed E-state index contributed by atoms with van der Waals surface area (Å²) in [5.41, 5.74) is -0.485. The summed E-state index contributed by atoms with van der Waals surface area (Å²) in [6.45, 7) is 1.77. The van der Waals surface area contributed by atoms with Gasteiger partial charge in [-0.2, -0.15) is 0 Å². The monoisotopic (exact) mass is 347 g/mol. The maximum atomic E-state index is 11.5. The molecular formula is C12H14BrNO6. The lowest BCUT2D eigenvalue weighted by Gasteiger charge is -2.16. The molecule has 0 heterocycles. The van der Waals surface area contributed by atoms with Gasteiger partial charge in [-0.25, -0.2) is 4.79 Å². The van der Waals surface area contributed by atoms with Gasteiger partial charge in [-0.3, -0.25) is 10.1 Å². The van der Waals surface area contributed by atoms with Crippen molar-refractivity contribution in [2.75, 3.05) is 11.9 Å². The van der Waals surface area contributed by atoms with E-state index in [9.17, 15) is 25.1 Å². The molecule has 0 saturated carbocycles. The van der Waals surface area contributed by atoms with Crippen molar-refractivity contribution >= 4 is 27.6 Å². The van der Waals surface area contributed by atoms with Gasteiger partial charge < -0.3 is 14.9 Å². The highest BCUT2D eigenvalue weighted by molar-refractivity contribution is 9.09. The van der Waals surface area contributed by atoms with E-state index in [1.807, 2.05) is 0 Å². The van der Waals surface area contributed by atoms with E-state index in [4.69, 9.17) is 4.74 Å². The van der Waals surface area contributed by atoms with E-state index in [1.54, 1.807) is 6.92 Å². The molecule has 1 aromatic rings. The average molecular weight is 348 g/mol. The zero-order valence-electron chi connectivity index (χ0n) is 10.7. The van der Waals surface area contributed by atoms with Gasteiger partial charge in [-0.15, -0.1) is 0 Å². The minimum atomic E-state index is -1.42. The fourth-order valence-corrected chi connectivity index (χ4v) is 1.94. The Labute approximate surface area is 123 Å². The molecular weight excluding hydrogens is 334 g/mol. The number of aliphatic hydroxyl groups is 2. The second-order valence-electron chi connectivity index (χ2n) is 3.92. The van der Waals surface area contributed by atoms with Gasteiger partial charge in [-0.05, 0) is 19.1 Å². The number of rotatable bonds is 6. The summed E-state index contributed by atoms with van der Waals surface area (Å²) in [7, 11) is 0. The van der Waals surface area contributed by atoms with Crippen molar-refractivity contribution in [1.82, 2.24) is 0 Å². The van der Waals surface area contributed by atoms with Crippen LogP contribution in [0.4, 0.5) is 5.69 Å². The number of carbonyl (C=O) groups excluding carboxylic acids is 1. The van der Waals surface area contributed by atoms with Crippen molar-refractivity contribution in [3.05, 3.63) is 39.4 Å². The largest absolute Gasteiger partial charge is 0.462 e. The van der Waals surface area contributed by atoms with Crippen LogP contribution in [0.1, 0.15) is 28.9 Å². The number of esters is 1. The van der Waals surface area contributed by atoms with Gasteiger partial charge >= 0.3 is 5.97 Å². The zero-order valence-corrected chi connectivity index (χ0v) is 12.2. The van der Waals surface area contributed by atoms with E-state index < -0.39 is 28.8 Å². The molecule has 0 aliphatic heterocycles. The first-order valence-corrected chi connectivity index (χ1v) is 6.92. The Morgan fingerprint density at radius 1 is 1.50 bits per heavy atom. The standard InChI is InChI=1S/C12H14BrNO6/c1-2-20-12(17)7-3-4-8(9(5-7)14(18)19)11(16)10(15)6-13/h3-5,10-11,15-16H,2,6H2,1H3. The van der Waals surface area contributed by atoms with Gasteiger partial charge in [0.15, 0.2) is 0 Å². The molecule has 0 bridgehead atoms. The molecule has 0 spiro atoms. The molecule has 1 aromatic carbocycles. The van der Waals surface area contributed by atoms with Gasteiger partial charge in [0.1, 0.15) is 6.10 Å². The number of ether oxygens (including phenoxy) is 1. The highest BCUT2D eigenvalue weighted by Crippen LogP contribution is 2.29. The van der Waals surface area contributed by atoms with E-state index in [2.05, 4.69) is 15.9 Å². The number of alkyl halides is 1. The molecule has 0 aliphatic carbocycles. The summed E-state index contributed by atoms with van der Waals surface area (Å²) in [6.07, 6.45) is -2.62. The smallest absolute Gasteiger partial charge is 0.338 e. The number of hydrogen-bond acceptors (Lipinski definition) is 6. The van der Waals surface area contributed by atoms with Crippen LogP contribution in [0, 0.1) is 10.1 Å². The normalized spacial score (nSPS) is 13.6. The summed E-state index contributed by atoms with van der Waals surface area (Å²) in [5.74, 6) is -0.683. The number of benzene rings is 1. The molecule has 2 unspecified atom stereocenters. The van der Waals surface area contributed by atoms with Crippen LogP contribution < -0.4 is 0 Å². The van der Waals surface area contributed by atoms with Gasteiger partial charge in [0, 0.05) is 11.4 Å². The number of hydrogen-bond donors (Lipinski definition) is 2. The third-order valence-electron chi connectivity index (χ3n) is 2.58. The lowest BCUT2D eigenvalue weighted by molar-refractivity contribution is -0.386. The molecule has 20 heavy (non-hydrogen) atoms. The van der Waals surface area contributed by atoms with Crippen LogP contribution in [-0.2, 0) is 4.74 Å². The Balaban J connectivity index is 3.21. The first-order valence-electron chi connectivity index (χ1n) is 5.79. The van der Waals surface area contributed by atoms with Crippen molar-refractivity contribution in [2.45, 2.75) is 19.1 Å². The predicted octanol–water partition coefficient (Wildman–Crippen LogP) is 1.56. The minimum Gasteiger partial charge on any atom is -0.462 e. The third kappa shape index (κ3) is 3.75. The summed E-state index contributed by atoms with van der Waals surface area (Å²) < 4.78 is 4.75. The summed E-state index contributed by atoms with van der Waals surface area (Å²) in [5, 5.41) is 30.5. The molecule has 0 aliphatic rings. The van der Waals surface area contributed by atoms with Crippen LogP contribution in [0.3, 0.4) is 0 Å². The van der Waals surface area contributed by atoms with Crippen molar-refractivity contribution in [2.24, 2.45) is 0 Å². The van der Waals surface area contributed by atoms with Gasteiger partial charge in [0.2, 0.25) is 0 Å². The van der Waals surface area contributed by atoms with E-state index >= 15 is 0 Å². The molecule has 2 atom stereocenters. The quantitative estimate of drug-likeness (QED) is 0.349. The van der Waals surface area contributed by atoms with Gasteiger partial charge in [0.05, 0.1) is 28.8 Å². The van der Waals surface area contributed by atoms with Crippen LogP contribution in [-0.4, -0.2) is 39.1 Å². The van der Waals surface area contributed by atoms with Crippen LogP contribution in [0.2, 0.25) is 0 Å². The minimum absolute atomic E-state index is 0.0165. The van der Waals surface area contributed by atoms with Crippen molar-refractivity contribution < 1.29 is 24.7 Å². The highest BCUT2D eigenvalue weighted by atomic mass is 79.9. The van der Waals surface area contributed by atoms with Gasteiger partial charge in [-0.1, -0.05) is 15.9 Å². The summed E-state index contributed by atoms with van der Waals surface area (Å²) in [4.78, 5) is 21.8. The number of halogens is 1. The van der Waals surface area contributed by atoms with E-state index in [0.29, 0.717) is 0 Å².